The second kappa shape index (κ2) is 8.14. The molecule has 2 aliphatic heterocycles. The fourth-order valence-electron chi connectivity index (χ4n) is 3.79. The standard InChI is InChI=1S/C23H22N4O4/c1-29-18-5-2-16(3-6-18)19-13-22(25-14-24-19)26-8-10-27(11-9-26)23(28)17-4-7-20-21(12-17)31-15-30-20/h2-7,12-14H,8-11,15H2,1H3. The number of hydrogen-bond acceptors (Lipinski definition) is 7. The predicted molar refractivity (Wildman–Crippen MR) is 115 cm³/mol. The summed E-state index contributed by atoms with van der Waals surface area (Å²) in [5, 5.41) is 0. The first-order valence-electron chi connectivity index (χ1n) is 10.1. The normalized spacial score (nSPS) is 15.1. The Labute approximate surface area is 180 Å². The van der Waals surface area contributed by atoms with Gasteiger partial charge in [0.15, 0.2) is 11.5 Å². The van der Waals surface area contributed by atoms with Crippen molar-refractivity contribution in [3.63, 3.8) is 0 Å². The summed E-state index contributed by atoms with van der Waals surface area (Å²) < 4.78 is 15.9. The predicted octanol–water partition coefficient (Wildman–Crippen LogP) is 2.84. The van der Waals surface area contributed by atoms with E-state index in [0.29, 0.717) is 43.2 Å². The first-order chi connectivity index (χ1) is 15.2. The Morgan fingerprint density at radius 2 is 1.71 bits per heavy atom. The number of hydrogen-bond donors (Lipinski definition) is 0. The summed E-state index contributed by atoms with van der Waals surface area (Å²) in [7, 11) is 1.65. The van der Waals surface area contributed by atoms with E-state index in [1.54, 1.807) is 31.6 Å². The summed E-state index contributed by atoms with van der Waals surface area (Å²) in [6, 6.07) is 15.1. The lowest BCUT2D eigenvalue weighted by atomic mass is 10.1. The number of ether oxygens (including phenoxy) is 3. The van der Waals surface area contributed by atoms with Crippen LogP contribution in [0.2, 0.25) is 0 Å². The zero-order valence-electron chi connectivity index (χ0n) is 17.2. The van der Waals surface area contributed by atoms with Gasteiger partial charge in [-0.15, -0.1) is 0 Å². The lowest BCUT2D eigenvalue weighted by Crippen LogP contribution is -2.49. The Morgan fingerprint density at radius 3 is 2.48 bits per heavy atom. The molecule has 3 heterocycles. The van der Waals surface area contributed by atoms with Crippen LogP contribution in [0.1, 0.15) is 10.4 Å². The minimum absolute atomic E-state index is 0.000408. The van der Waals surface area contributed by atoms with Crippen LogP contribution in [0.25, 0.3) is 11.3 Å². The molecule has 31 heavy (non-hydrogen) atoms. The highest BCUT2D eigenvalue weighted by atomic mass is 16.7. The van der Waals surface area contributed by atoms with Crippen LogP contribution in [0.5, 0.6) is 17.2 Å². The van der Waals surface area contributed by atoms with E-state index in [2.05, 4.69) is 14.9 Å². The third-order valence-corrected chi connectivity index (χ3v) is 5.55. The molecule has 2 aromatic carbocycles. The molecule has 5 rings (SSSR count). The number of piperazine rings is 1. The number of carbonyl (C=O) groups is 1. The van der Waals surface area contributed by atoms with Gasteiger partial charge in [-0.2, -0.15) is 0 Å². The van der Waals surface area contributed by atoms with Crippen LogP contribution in [0.4, 0.5) is 5.82 Å². The molecular formula is C23H22N4O4. The van der Waals surface area contributed by atoms with Gasteiger partial charge in [-0.05, 0) is 42.5 Å². The van der Waals surface area contributed by atoms with Crippen molar-refractivity contribution >= 4 is 11.7 Å². The molecule has 0 atom stereocenters. The number of nitrogens with zero attached hydrogens (tertiary/aromatic N) is 4. The fraction of sp³-hybridized carbons (Fsp3) is 0.261. The Morgan fingerprint density at radius 1 is 0.935 bits per heavy atom. The van der Waals surface area contributed by atoms with E-state index in [1.807, 2.05) is 35.2 Å². The molecule has 2 aliphatic rings. The van der Waals surface area contributed by atoms with Crippen molar-refractivity contribution in [2.45, 2.75) is 0 Å². The summed E-state index contributed by atoms with van der Waals surface area (Å²) >= 11 is 0. The third-order valence-electron chi connectivity index (χ3n) is 5.55. The highest BCUT2D eigenvalue weighted by Crippen LogP contribution is 2.33. The lowest BCUT2D eigenvalue weighted by molar-refractivity contribution is 0.0746. The molecule has 158 valence electrons. The topological polar surface area (TPSA) is 77.0 Å². The second-order valence-electron chi connectivity index (χ2n) is 7.34. The Bertz CT molecular complexity index is 1090. The van der Waals surface area contributed by atoms with Crippen molar-refractivity contribution in [1.29, 1.82) is 0 Å². The molecule has 0 saturated carbocycles. The summed E-state index contributed by atoms with van der Waals surface area (Å²) in [5.41, 5.74) is 2.47. The molecule has 1 fully saturated rings. The minimum Gasteiger partial charge on any atom is -0.497 e. The molecule has 1 saturated heterocycles. The van der Waals surface area contributed by atoms with Gasteiger partial charge in [0.05, 0.1) is 12.8 Å². The van der Waals surface area contributed by atoms with Crippen molar-refractivity contribution in [2.24, 2.45) is 0 Å². The summed E-state index contributed by atoms with van der Waals surface area (Å²) in [5.74, 6) is 2.96. The number of rotatable bonds is 4. The molecule has 0 bridgehead atoms. The molecule has 8 nitrogen and oxygen atoms in total. The van der Waals surface area contributed by atoms with E-state index in [9.17, 15) is 4.79 Å². The first kappa shape index (κ1) is 19.2. The van der Waals surface area contributed by atoms with Gasteiger partial charge in [0.1, 0.15) is 17.9 Å². The maximum atomic E-state index is 12.9. The highest BCUT2D eigenvalue weighted by molar-refractivity contribution is 5.95. The lowest BCUT2D eigenvalue weighted by Gasteiger charge is -2.35. The molecule has 0 unspecified atom stereocenters. The van der Waals surface area contributed by atoms with Crippen LogP contribution in [-0.2, 0) is 0 Å². The van der Waals surface area contributed by atoms with Gasteiger partial charge in [0.2, 0.25) is 6.79 Å². The largest absolute Gasteiger partial charge is 0.497 e. The van der Waals surface area contributed by atoms with Gasteiger partial charge in [-0.3, -0.25) is 4.79 Å². The van der Waals surface area contributed by atoms with Crippen molar-refractivity contribution < 1.29 is 19.0 Å². The number of benzene rings is 2. The van der Waals surface area contributed by atoms with Gasteiger partial charge in [0, 0.05) is 43.4 Å². The van der Waals surface area contributed by atoms with Gasteiger partial charge < -0.3 is 24.0 Å². The van der Waals surface area contributed by atoms with Crippen molar-refractivity contribution in [3.8, 4) is 28.5 Å². The molecular weight excluding hydrogens is 396 g/mol. The average molecular weight is 418 g/mol. The first-order valence-corrected chi connectivity index (χ1v) is 10.1. The number of methoxy groups -OCH3 is 1. The van der Waals surface area contributed by atoms with Crippen LogP contribution in [-0.4, -0.2) is 60.9 Å². The number of aromatic nitrogens is 2. The second-order valence-corrected chi connectivity index (χ2v) is 7.34. The summed E-state index contributed by atoms with van der Waals surface area (Å²) in [4.78, 5) is 25.8. The Balaban J connectivity index is 1.25. The number of carbonyl (C=O) groups excluding carboxylic acids is 1. The third kappa shape index (κ3) is 3.84. The van der Waals surface area contributed by atoms with Gasteiger partial charge >= 0.3 is 0 Å². The number of fused-ring (bicyclic) bond motifs is 1. The quantitative estimate of drug-likeness (QED) is 0.645. The van der Waals surface area contributed by atoms with Crippen molar-refractivity contribution in [1.82, 2.24) is 14.9 Å². The van der Waals surface area contributed by atoms with E-state index < -0.39 is 0 Å². The maximum absolute atomic E-state index is 12.9. The van der Waals surface area contributed by atoms with Crippen molar-refractivity contribution in [2.75, 3.05) is 45.0 Å². The summed E-state index contributed by atoms with van der Waals surface area (Å²) in [6.07, 6.45) is 1.58. The van der Waals surface area contributed by atoms with Gasteiger partial charge in [-0.1, -0.05) is 0 Å². The number of amides is 1. The van der Waals surface area contributed by atoms with Gasteiger partial charge in [-0.25, -0.2) is 9.97 Å². The summed E-state index contributed by atoms with van der Waals surface area (Å²) in [6.45, 7) is 2.85. The molecule has 8 heteroatoms. The molecule has 0 N–H and O–H groups in total. The average Bonchev–Trinajstić information content (AvgIpc) is 3.32. The molecule has 3 aromatic rings. The Hall–Kier alpha value is -3.81. The Kier molecular flexibility index (Phi) is 5.03. The zero-order valence-corrected chi connectivity index (χ0v) is 17.2. The molecule has 0 radical (unpaired) electrons. The van der Waals surface area contributed by atoms with E-state index in [1.165, 1.54) is 0 Å². The van der Waals surface area contributed by atoms with E-state index in [-0.39, 0.29) is 12.7 Å². The van der Waals surface area contributed by atoms with Crippen LogP contribution in [0.3, 0.4) is 0 Å². The zero-order chi connectivity index (χ0) is 21.2. The molecule has 0 aliphatic carbocycles. The minimum atomic E-state index is -0.000408. The van der Waals surface area contributed by atoms with E-state index >= 15 is 0 Å². The molecule has 1 aromatic heterocycles. The monoisotopic (exact) mass is 418 g/mol. The van der Waals surface area contributed by atoms with E-state index in [4.69, 9.17) is 14.2 Å². The number of anilines is 1. The van der Waals surface area contributed by atoms with Crippen LogP contribution >= 0.6 is 0 Å². The highest BCUT2D eigenvalue weighted by Gasteiger charge is 2.25. The molecule has 1 amide bonds. The van der Waals surface area contributed by atoms with Crippen LogP contribution in [0, 0.1) is 0 Å². The maximum Gasteiger partial charge on any atom is 0.254 e. The fourth-order valence-corrected chi connectivity index (χ4v) is 3.79. The smallest absolute Gasteiger partial charge is 0.254 e. The molecule has 0 spiro atoms. The van der Waals surface area contributed by atoms with Crippen molar-refractivity contribution in [3.05, 3.63) is 60.4 Å². The van der Waals surface area contributed by atoms with E-state index in [0.717, 1.165) is 22.8 Å². The van der Waals surface area contributed by atoms with Crippen LogP contribution in [0.15, 0.2) is 54.9 Å². The van der Waals surface area contributed by atoms with Gasteiger partial charge in [0.25, 0.3) is 5.91 Å². The SMILES string of the molecule is COc1ccc(-c2cc(N3CCN(C(=O)c4ccc5c(c4)OCO5)CC3)ncn2)cc1. The van der Waals surface area contributed by atoms with Crippen LogP contribution < -0.4 is 19.1 Å².